The van der Waals surface area contributed by atoms with Crippen LogP contribution in [0.15, 0.2) is 66.9 Å². The Bertz CT molecular complexity index is 1400. The van der Waals surface area contributed by atoms with Gasteiger partial charge in [-0.05, 0) is 78.4 Å². The first-order valence-electron chi connectivity index (χ1n) is 13.9. The average Bonchev–Trinajstić information content (AvgIpc) is 2.93. The number of aromatic nitrogens is 1. The van der Waals surface area contributed by atoms with Gasteiger partial charge in [-0.1, -0.05) is 69.0 Å². The van der Waals surface area contributed by atoms with Gasteiger partial charge < -0.3 is 4.74 Å². The number of aryl methyl sites for hydroxylation is 4. The van der Waals surface area contributed by atoms with Gasteiger partial charge in [0.1, 0.15) is 17.4 Å². The first-order valence-corrected chi connectivity index (χ1v) is 13.9. The molecule has 212 valence electrons. The third-order valence-electron chi connectivity index (χ3n) is 7.10. The maximum Gasteiger partial charge on any atom is 0.419 e. The molecular formula is C33H34F5NO. The Morgan fingerprint density at radius 2 is 1.50 bits per heavy atom. The molecule has 0 aliphatic rings. The minimum Gasteiger partial charge on any atom is -0.492 e. The highest BCUT2D eigenvalue weighted by Crippen LogP contribution is 2.32. The van der Waals surface area contributed by atoms with Crippen molar-refractivity contribution in [3.05, 3.63) is 106 Å². The van der Waals surface area contributed by atoms with Gasteiger partial charge in [0, 0.05) is 11.1 Å². The van der Waals surface area contributed by atoms with Gasteiger partial charge in [-0.15, -0.1) is 0 Å². The van der Waals surface area contributed by atoms with Gasteiger partial charge in [-0.3, -0.25) is 4.98 Å². The highest BCUT2D eigenvalue weighted by molar-refractivity contribution is 5.84. The second kappa shape index (κ2) is 13.7. The van der Waals surface area contributed by atoms with Crippen LogP contribution >= 0.6 is 0 Å². The number of rotatable bonds is 13. The first kappa shape index (κ1) is 29.5. The van der Waals surface area contributed by atoms with Gasteiger partial charge in [-0.2, -0.15) is 13.2 Å². The summed E-state index contributed by atoms with van der Waals surface area (Å²) in [6, 6.07) is 15.9. The van der Waals surface area contributed by atoms with Crippen LogP contribution in [-0.4, -0.2) is 11.6 Å². The van der Waals surface area contributed by atoms with Crippen LogP contribution in [-0.2, 0) is 31.9 Å². The van der Waals surface area contributed by atoms with Crippen LogP contribution in [0.1, 0.15) is 67.0 Å². The molecule has 0 aliphatic carbocycles. The molecule has 0 aliphatic heterocycles. The summed E-state index contributed by atoms with van der Waals surface area (Å²) in [6.07, 6.45) is 4.96. The number of hydrogen-bond donors (Lipinski definition) is 0. The molecule has 4 aromatic rings. The number of benzene rings is 3. The fourth-order valence-corrected chi connectivity index (χ4v) is 4.77. The quantitative estimate of drug-likeness (QED) is 0.121. The standard InChI is InChI=1S/C33H34F5NO/c1-2-3-4-5-6-19-40-28-16-15-27(39-22-28)14-8-23-9-17-29-26(20-23)13-12-25(32(29)35)11-7-24-10-18-30(31(34)21-24)33(36,37)38/h9-10,12-13,15-18,20-22H,2-8,11,14,19H2,1H3. The van der Waals surface area contributed by atoms with Gasteiger partial charge in [0.2, 0.25) is 0 Å². The van der Waals surface area contributed by atoms with Crippen molar-refractivity contribution >= 4 is 10.8 Å². The predicted octanol–water partition coefficient (Wildman–Crippen LogP) is 9.45. The van der Waals surface area contributed by atoms with E-state index in [2.05, 4.69) is 11.9 Å². The number of fused-ring (bicyclic) bond motifs is 1. The largest absolute Gasteiger partial charge is 0.492 e. The minimum atomic E-state index is -4.74. The molecule has 0 spiro atoms. The lowest BCUT2D eigenvalue weighted by atomic mass is 9.97. The Morgan fingerprint density at radius 1 is 0.750 bits per heavy atom. The van der Waals surface area contributed by atoms with Crippen LogP contribution in [0.5, 0.6) is 5.75 Å². The molecule has 0 radical (unpaired) electrons. The van der Waals surface area contributed by atoms with E-state index >= 15 is 4.39 Å². The summed E-state index contributed by atoms with van der Waals surface area (Å²) in [5, 5.41) is 1.25. The molecule has 0 fully saturated rings. The summed E-state index contributed by atoms with van der Waals surface area (Å²) in [5.41, 5.74) is 1.55. The van der Waals surface area contributed by atoms with Crippen molar-refractivity contribution in [1.29, 1.82) is 0 Å². The Morgan fingerprint density at radius 3 is 2.23 bits per heavy atom. The van der Waals surface area contributed by atoms with Gasteiger partial charge in [0.25, 0.3) is 0 Å². The maximum absolute atomic E-state index is 15.2. The number of alkyl halides is 3. The highest BCUT2D eigenvalue weighted by atomic mass is 19.4. The number of ether oxygens (including phenoxy) is 1. The molecule has 0 amide bonds. The monoisotopic (exact) mass is 555 g/mol. The van der Waals surface area contributed by atoms with Gasteiger partial charge in [0.15, 0.2) is 0 Å². The van der Waals surface area contributed by atoms with E-state index in [-0.39, 0.29) is 18.7 Å². The number of unbranched alkanes of at least 4 members (excludes halogenated alkanes) is 4. The van der Waals surface area contributed by atoms with E-state index in [1.165, 1.54) is 31.7 Å². The molecule has 0 saturated carbocycles. The Labute approximate surface area is 232 Å². The Kier molecular flexibility index (Phi) is 10.1. The molecule has 1 heterocycles. The number of pyridine rings is 1. The van der Waals surface area contributed by atoms with Crippen LogP contribution < -0.4 is 4.74 Å². The predicted molar refractivity (Wildman–Crippen MR) is 149 cm³/mol. The lowest BCUT2D eigenvalue weighted by Gasteiger charge is -2.11. The van der Waals surface area contributed by atoms with Crippen LogP contribution in [0, 0.1) is 11.6 Å². The lowest BCUT2D eigenvalue weighted by molar-refractivity contribution is -0.140. The zero-order valence-electron chi connectivity index (χ0n) is 22.7. The smallest absolute Gasteiger partial charge is 0.419 e. The fourth-order valence-electron chi connectivity index (χ4n) is 4.77. The molecule has 2 nitrogen and oxygen atoms in total. The molecule has 0 N–H and O–H groups in total. The second-order valence-corrected chi connectivity index (χ2v) is 10.2. The van der Waals surface area contributed by atoms with Gasteiger partial charge >= 0.3 is 6.18 Å². The summed E-state index contributed by atoms with van der Waals surface area (Å²) >= 11 is 0. The molecule has 0 saturated heterocycles. The molecule has 7 heteroatoms. The summed E-state index contributed by atoms with van der Waals surface area (Å²) in [4.78, 5) is 4.51. The van der Waals surface area contributed by atoms with Crippen molar-refractivity contribution in [2.45, 2.75) is 70.9 Å². The normalized spacial score (nSPS) is 11.8. The molecule has 40 heavy (non-hydrogen) atoms. The van der Waals surface area contributed by atoms with E-state index in [0.717, 1.165) is 53.8 Å². The van der Waals surface area contributed by atoms with Crippen molar-refractivity contribution in [1.82, 2.24) is 4.98 Å². The van der Waals surface area contributed by atoms with Gasteiger partial charge in [-0.25, -0.2) is 8.78 Å². The number of hydrogen-bond acceptors (Lipinski definition) is 2. The fraction of sp³-hybridized carbons (Fsp3) is 0.364. The lowest BCUT2D eigenvalue weighted by Crippen LogP contribution is -2.08. The van der Waals surface area contributed by atoms with E-state index in [4.69, 9.17) is 4.74 Å². The van der Waals surface area contributed by atoms with Crippen molar-refractivity contribution in [2.24, 2.45) is 0 Å². The SMILES string of the molecule is CCCCCCCOc1ccc(CCc2ccc3c(F)c(CCc4ccc(C(F)(F)F)c(F)c4)ccc3c2)nc1. The summed E-state index contributed by atoms with van der Waals surface area (Å²) in [6.45, 7) is 2.90. The van der Waals surface area contributed by atoms with E-state index < -0.39 is 17.6 Å². The summed E-state index contributed by atoms with van der Waals surface area (Å²) in [5.74, 6) is -0.900. The van der Waals surface area contributed by atoms with E-state index in [1.54, 1.807) is 18.3 Å². The highest BCUT2D eigenvalue weighted by Gasteiger charge is 2.33. The topological polar surface area (TPSA) is 22.1 Å². The molecule has 4 rings (SSSR count). The number of nitrogens with zero attached hydrogens (tertiary/aromatic N) is 1. The maximum atomic E-state index is 15.2. The van der Waals surface area contributed by atoms with Gasteiger partial charge in [0.05, 0.1) is 18.4 Å². The molecule has 3 aromatic carbocycles. The van der Waals surface area contributed by atoms with Crippen LogP contribution in [0.2, 0.25) is 0 Å². The van der Waals surface area contributed by atoms with Crippen molar-refractivity contribution in [2.75, 3.05) is 6.61 Å². The third kappa shape index (κ3) is 8.03. The Hall–Kier alpha value is -3.48. The zero-order valence-corrected chi connectivity index (χ0v) is 22.7. The van der Waals surface area contributed by atoms with Crippen LogP contribution in [0.3, 0.4) is 0 Å². The molecule has 0 atom stereocenters. The molecular weight excluding hydrogens is 521 g/mol. The second-order valence-electron chi connectivity index (χ2n) is 10.2. The van der Waals surface area contributed by atoms with E-state index in [1.807, 2.05) is 30.3 Å². The molecule has 1 aromatic heterocycles. The van der Waals surface area contributed by atoms with E-state index in [0.29, 0.717) is 23.1 Å². The summed E-state index contributed by atoms with van der Waals surface area (Å²) in [7, 11) is 0. The van der Waals surface area contributed by atoms with Crippen LogP contribution in [0.25, 0.3) is 10.8 Å². The Balaban J connectivity index is 1.31. The number of halogens is 5. The van der Waals surface area contributed by atoms with Crippen molar-refractivity contribution in [3.8, 4) is 5.75 Å². The van der Waals surface area contributed by atoms with E-state index in [9.17, 15) is 17.6 Å². The minimum absolute atomic E-state index is 0.228. The first-order chi connectivity index (χ1) is 19.2. The molecule has 0 unspecified atom stereocenters. The van der Waals surface area contributed by atoms with Crippen molar-refractivity contribution in [3.63, 3.8) is 0 Å². The third-order valence-corrected chi connectivity index (χ3v) is 7.10. The van der Waals surface area contributed by atoms with Crippen molar-refractivity contribution < 1.29 is 26.7 Å². The zero-order chi connectivity index (χ0) is 28.5. The summed E-state index contributed by atoms with van der Waals surface area (Å²) < 4.78 is 73.2. The van der Waals surface area contributed by atoms with Crippen LogP contribution in [0.4, 0.5) is 22.0 Å². The molecule has 0 bridgehead atoms. The average molecular weight is 556 g/mol.